The fourth-order valence-corrected chi connectivity index (χ4v) is 2.34. The zero-order valence-electron chi connectivity index (χ0n) is 11.5. The van der Waals surface area contributed by atoms with Crippen molar-refractivity contribution < 1.29 is 4.74 Å². The van der Waals surface area contributed by atoms with E-state index in [-0.39, 0.29) is 0 Å². The van der Waals surface area contributed by atoms with Crippen LogP contribution in [0.25, 0.3) is 0 Å². The van der Waals surface area contributed by atoms with Gasteiger partial charge in [0.05, 0.1) is 12.6 Å². The highest BCUT2D eigenvalue weighted by Crippen LogP contribution is 2.17. The third kappa shape index (κ3) is 6.06. The van der Waals surface area contributed by atoms with Gasteiger partial charge in [0.15, 0.2) is 0 Å². The third-order valence-electron chi connectivity index (χ3n) is 3.37. The number of unbranched alkanes of at least 4 members (excludes halogenated alkanes) is 5. The van der Waals surface area contributed by atoms with E-state index in [4.69, 9.17) is 4.74 Å². The minimum absolute atomic E-state index is 0.511. The summed E-state index contributed by atoms with van der Waals surface area (Å²) < 4.78 is 5.21. The summed E-state index contributed by atoms with van der Waals surface area (Å²) in [7, 11) is 1.77. The molecule has 17 heavy (non-hydrogen) atoms. The molecule has 0 N–H and O–H groups in total. The van der Waals surface area contributed by atoms with E-state index in [9.17, 15) is 0 Å². The summed E-state index contributed by atoms with van der Waals surface area (Å²) in [5.41, 5.74) is 0. The average molecular weight is 240 g/mol. The lowest BCUT2D eigenvalue weighted by molar-refractivity contribution is 0.118. The summed E-state index contributed by atoms with van der Waals surface area (Å²) in [6.45, 7) is 4.17. The highest BCUT2D eigenvalue weighted by atomic mass is 16.5. The van der Waals surface area contributed by atoms with Crippen LogP contribution in [0.3, 0.4) is 0 Å². The van der Waals surface area contributed by atoms with E-state index in [1.165, 1.54) is 44.9 Å². The molecule has 3 nitrogen and oxygen atoms in total. The van der Waals surface area contributed by atoms with Crippen LogP contribution in [0.15, 0.2) is 5.10 Å². The van der Waals surface area contributed by atoms with Gasteiger partial charge in [-0.05, 0) is 25.7 Å². The van der Waals surface area contributed by atoms with Gasteiger partial charge in [-0.15, -0.1) is 0 Å². The fraction of sp³-hybridized carbons (Fsp3) is 0.929. The molecular formula is C14H28N2O. The van der Waals surface area contributed by atoms with Crippen LogP contribution in [-0.2, 0) is 4.74 Å². The molecule has 0 spiro atoms. The van der Waals surface area contributed by atoms with Crippen molar-refractivity contribution in [2.75, 3.05) is 20.3 Å². The summed E-state index contributed by atoms with van der Waals surface area (Å²) in [4.78, 5) is 0. The molecule has 0 aliphatic carbocycles. The molecule has 1 aliphatic rings. The maximum absolute atomic E-state index is 5.21. The van der Waals surface area contributed by atoms with Crippen LogP contribution in [0.5, 0.6) is 0 Å². The molecule has 0 bridgehead atoms. The number of hydrogen-bond donors (Lipinski definition) is 0. The largest absolute Gasteiger partial charge is 0.382 e. The number of methoxy groups -OCH3 is 1. The van der Waals surface area contributed by atoms with E-state index in [0.29, 0.717) is 6.04 Å². The minimum Gasteiger partial charge on any atom is -0.382 e. The number of hydrogen-bond acceptors (Lipinski definition) is 3. The van der Waals surface area contributed by atoms with Crippen molar-refractivity contribution in [1.29, 1.82) is 0 Å². The Morgan fingerprint density at radius 2 is 2.12 bits per heavy atom. The van der Waals surface area contributed by atoms with Gasteiger partial charge in [-0.2, -0.15) is 5.10 Å². The molecule has 0 saturated carbocycles. The Morgan fingerprint density at radius 3 is 2.88 bits per heavy atom. The van der Waals surface area contributed by atoms with Gasteiger partial charge in [-0.25, -0.2) is 0 Å². The van der Waals surface area contributed by atoms with E-state index in [1.54, 1.807) is 7.11 Å². The Morgan fingerprint density at radius 1 is 1.29 bits per heavy atom. The summed E-state index contributed by atoms with van der Waals surface area (Å²) in [6, 6.07) is 0.511. The number of hydrazone groups is 1. The molecular weight excluding hydrogens is 212 g/mol. The molecule has 1 aliphatic heterocycles. The first kappa shape index (κ1) is 14.5. The second-order valence-electron chi connectivity index (χ2n) is 4.92. The zero-order valence-corrected chi connectivity index (χ0v) is 11.5. The lowest BCUT2D eigenvalue weighted by atomic mass is 10.1. The normalized spacial score (nSPS) is 20.6. The van der Waals surface area contributed by atoms with Crippen LogP contribution in [0, 0.1) is 0 Å². The molecule has 0 aromatic carbocycles. The smallest absolute Gasteiger partial charge is 0.0704 e. The van der Waals surface area contributed by atoms with Crippen LogP contribution >= 0.6 is 0 Å². The van der Waals surface area contributed by atoms with Crippen LogP contribution in [-0.4, -0.2) is 37.5 Å². The average Bonchev–Trinajstić information content (AvgIpc) is 2.76. The van der Waals surface area contributed by atoms with Gasteiger partial charge >= 0.3 is 0 Å². The number of nitrogens with zero attached hydrogens (tertiary/aromatic N) is 2. The van der Waals surface area contributed by atoms with Crippen molar-refractivity contribution >= 4 is 6.21 Å². The summed E-state index contributed by atoms with van der Waals surface area (Å²) in [6.07, 6.45) is 12.4. The van der Waals surface area contributed by atoms with E-state index >= 15 is 0 Å². The third-order valence-corrected chi connectivity index (χ3v) is 3.37. The summed E-state index contributed by atoms with van der Waals surface area (Å²) in [5, 5.41) is 6.77. The maximum Gasteiger partial charge on any atom is 0.0704 e. The summed E-state index contributed by atoms with van der Waals surface area (Å²) >= 11 is 0. The van der Waals surface area contributed by atoms with Crippen LogP contribution in [0.2, 0.25) is 0 Å². The topological polar surface area (TPSA) is 24.8 Å². The minimum atomic E-state index is 0.511. The molecule has 1 atom stereocenters. The van der Waals surface area contributed by atoms with Gasteiger partial charge in [0.2, 0.25) is 0 Å². The van der Waals surface area contributed by atoms with Crippen molar-refractivity contribution in [2.45, 2.75) is 64.3 Å². The van der Waals surface area contributed by atoms with Gasteiger partial charge < -0.3 is 4.74 Å². The molecule has 0 aromatic heterocycles. The van der Waals surface area contributed by atoms with E-state index < -0.39 is 0 Å². The number of rotatable bonds is 9. The highest BCUT2D eigenvalue weighted by molar-refractivity contribution is 5.56. The Bertz CT molecular complexity index is 206. The molecule has 0 aromatic rings. The highest BCUT2D eigenvalue weighted by Gasteiger charge is 2.22. The fourth-order valence-electron chi connectivity index (χ4n) is 2.34. The van der Waals surface area contributed by atoms with E-state index in [2.05, 4.69) is 23.2 Å². The Labute approximate surface area is 106 Å². The van der Waals surface area contributed by atoms with Crippen LogP contribution in [0.1, 0.15) is 58.3 Å². The molecule has 0 radical (unpaired) electrons. The molecule has 0 amide bonds. The molecule has 100 valence electrons. The Balaban J connectivity index is 2.06. The van der Waals surface area contributed by atoms with Crippen LogP contribution < -0.4 is 0 Å². The SMILES string of the molecule is CCCCCCC/C=N/N1CCC[C@H]1COC. The van der Waals surface area contributed by atoms with Crippen molar-refractivity contribution in [3.63, 3.8) is 0 Å². The predicted molar refractivity (Wildman–Crippen MR) is 73.5 cm³/mol. The predicted octanol–water partition coefficient (Wildman–Crippen LogP) is 3.44. The molecule has 1 rings (SSSR count). The molecule has 1 saturated heterocycles. The first-order valence-electron chi connectivity index (χ1n) is 7.16. The van der Waals surface area contributed by atoms with Crippen molar-refractivity contribution in [3.8, 4) is 0 Å². The quantitative estimate of drug-likeness (QED) is 0.455. The van der Waals surface area contributed by atoms with E-state index in [1.807, 2.05) is 0 Å². The van der Waals surface area contributed by atoms with Gasteiger partial charge in [0, 0.05) is 19.9 Å². The number of ether oxygens (including phenoxy) is 1. The standard InChI is InChI=1S/C14H28N2O/c1-3-4-5-6-7-8-11-15-16-12-9-10-14(16)13-17-2/h11,14H,3-10,12-13H2,1-2H3/b15-11+/t14-/m0/s1. The lowest BCUT2D eigenvalue weighted by Gasteiger charge is -2.20. The van der Waals surface area contributed by atoms with Gasteiger partial charge in [-0.1, -0.05) is 32.6 Å². The maximum atomic E-state index is 5.21. The first-order valence-corrected chi connectivity index (χ1v) is 7.16. The Kier molecular flexibility index (Phi) is 8.06. The molecule has 1 heterocycles. The second kappa shape index (κ2) is 9.46. The van der Waals surface area contributed by atoms with Crippen molar-refractivity contribution in [2.24, 2.45) is 5.10 Å². The van der Waals surface area contributed by atoms with E-state index in [0.717, 1.165) is 19.6 Å². The molecule has 0 unspecified atom stereocenters. The monoisotopic (exact) mass is 240 g/mol. The second-order valence-corrected chi connectivity index (χ2v) is 4.92. The summed E-state index contributed by atoms with van der Waals surface area (Å²) in [5.74, 6) is 0. The first-order chi connectivity index (χ1) is 8.38. The van der Waals surface area contributed by atoms with Gasteiger partial charge in [-0.3, -0.25) is 5.01 Å². The Hall–Kier alpha value is -0.570. The van der Waals surface area contributed by atoms with Crippen molar-refractivity contribution in [3.05, 3.63) is 0 Å². The van der Waals surface area contributed by atoms with Gasteiger partial charge in [0.25, 0.3) is 0 Å². The lowest BCUT2D eigenvalue weighted by Crippen LogP contribution is -2.28. The molecule has 1 fully saturated rings. The van der Waals surface area contributed by atoms with Crippen molar-refractivity contribution in [1.82, 2.24) is 5.01 Å². The zero-order chi connectivity index (χ0) is 12.3. The molecule has 3 heteroatoms. The van der Waals surface area contributed by atoms with Crippen LogP contribution in [0.4, 0.5) is 0 Å². The van der Waals surface area contributed by atoms with Gasteiger partial charge in [0.1, 0.15) is 0 Å².